The highest BCUT2D eigenvalue weighted by Crippen LogP contribution is 2.36. The quantitative estimate of drug-likeness (QED) is 0.692. The number of aromatic nitrogens is 3. The first-order chi connectivity index (χ1) is 12.9. The number of nitrogens with two attached hydrogens (primary N) is 1. The molecule has 2 atom stereocenters. The van der Waals surface area contributed by atoms with Crippen LogP contribution in [0.25, 0.3) is 16.8 Å². The second-order valence-electron chi connectivity index (χ2n) is 6.50. The molecule has 3 aromatic heterocycles. The molecule has 3 N–H and O–H groups in total. The van der Waals surface area contributed by atoms with Gasteiger partial charge in [0.2, 0.25) is 0 Å². The minimum Gasteiger partial charge on any atom is -0.340 e. The van der Waals surface area contributed by atoms with E-state index in [-0.39, 0.29) is 11.4 Å². The number of nitrogens with zero attached hydrogens (tertiary/aromatic N) is 3. The number of hydrogen-bond donors (Lipinski definition) is 2. The fourth-order valence-electron chi connectivity index (χ4n) is 3.31. The summed E-state index contributed by atoms with van der Waals surface area (Å²) in [6, 6.07) is 3.31. The predicted octanol–water partition coefficient (Wildman–Crippen LogP) is 3.36. The highest BCUT2D eigenvalue weighted by molar-refractivity contribution is 7.18. The molecule has 0 spiro atoms. The van der Waals surface area contributed by atoms with E-state index in [4.69, 9.17) is 17.3 Å². The maximum absolute atomic E-state index is 14.1. The van der Waals surface area contributed by atoms with E-state index in [1.54, 1.807) is 16.9 Å². The van der Waals surface area contributed by atoms with Crippen LogP contribution in [0.15, 0.2) is 30.6 Å². The zero-order chi connectivity index (χ0) is 19.2. The Bertz CT molecular complexity index is 1000. The first-order valence-corrected chi connectivity index (χ1v) is 9.59. The largest absolute Gasteiger partial charge is 0.340 e. The summed E-state index contributed by atoms with van der Waals surface area (Å²) < 4.78 is 30.2. The van der Waals surface area contributed by atoms with Crippen molar-refractivity contribution in [3.05, 3.63) is 39.9 Å². The average molecular weight is 412 g/mol. The van der Waals surface area contributed by atoms with Crippen LogP contribution in [0.2, 0.25) is 4.34 Å². The molecule has 4 rings (SSSR count). The summed E-state index contributed by atoms with van der Waals surface area (Å²) in [5.74, 6) is -3.74. The van der Waals surface area contributed by atoms with E-state index in [9.17, 15) is 13.6 Å². The first-order valence-electron chi connectivity index (χ1n) is 8.40. The number of carbonyl (C=O) groups is 1. The maximum atomic E-state index is 14.1. The molecule has 3 heterocycles. The van der Waals surface area contributed by atoms with Crippen LogP contribution < -0.4 is 11.1 Å². The van der Waals surface area contributed by atoms with Gasteiger partial charge in [-0.2, -0.15) is 5.10 Å². The van der Waals surface area contributed by atoms with Crippen molar-refractivity contribution < 1.29 is 13.6 Å². The van der Waals surface area contributed by atoms with Crippen LogP contribution in [0.1, 0.15) is 29.1 Å². The normalized spacial score (nSPS) is 22.1. The van der Waals surface area contributed by atoms with Crippen LogP contribution >= 0.6 is 22.9 Å². The number of nitrogens with one attached hydrogen (secondary N) is 1. The van der Waals surface area contributed by atoms with Crippen molar-refractivity contribution in [3.8, 4) is 11.3 Å². The maximum Gasteiger partial charge on any atom is 0.280 e. The topological polar surface area (TPSA) is 85.3 Å². The van der Waals surface area contributed by atoms with Gasteiger partial charge in [0.05, 0.1) is 11.7 Å². The predicted molar refractivity (Wildman–Crippen MR) is 99.3 cm³/mol. The zero-order valence-electron chi connectivity index (χ0n) is 14.0. The lowest BCUT2D eigenvalue weighted by atomic mass is 9.87. The second kappa shape index (κ2) is 6.81. The Balaban J connectivity index is 1.62. The van der Waals surface area contributed by atoms with E-state index in [1.807, 2.05) is 18.2 Å². The smallest absolute Gasteiger partial charge is 0.280 e. The molecule has 3 aromatic rings. The third-order valence-corrected chi connectivity index (χ3v) is 5.93. The molecule has 1 saturated carbocycles. The monoisotopic (exact) mass is 411 g/mol. The number of pyridine rings is 1. The Labute approximate surface area is 162 Å². The Hall–Kier alpha value is -2.10. The third-order valence-electron chi connectivity index (χ3n) is 4.68. The molecule has 27 heavy (non-hydrogen) atoms. The first kappa shape index (κ1) is 18.3. The van der Waals surface area contributed by atoms with Gasteiger partial charge in [-0.1, -0.05) is 29.0 Å². The third kappa shape index (κ3) is 3.30. The molecule has 6 nitrogen and oxygen atoms in total. The van der Waals surface area contributed by atoms with Gasteiger partial charge in [0.25, 0.3) is 11.8 Å². The molecule has 142 valence electrons. The van der Waals surface area contributed by atoms with Gasteiger partial charge in [-0.15, -0.1) is 0 Å². The summed E-state index contributed by atoms with van der Waals surface area (Å²) >= 11 is 7.21. The molecular formula is C17H16ClF2N5OS. The fraction of sp³-hybridized carbons (Fsp3) is 0.353. The molecular weight excluding hydrogens is 396 g/mol. The van der Waals surface area contributed by atoms with Gasteiger partial charge < -0.3 is 11.1 Å². The SMILES string of the molecule is NC1CCCC(F)(F)C1NC(=O)c1nc(-c2cnn3ccccc23)c(Cl)s1. The Morgan fingerprint density at radius 1 is 1.44 bits per heavy atom. The van der Waals surface area contributed by atoms with Crippen molar-refractivity contribution >= 4 is 34.4 Å². The standard InChI is InChI=1S/C17H16ClF2N5OS/c18-14-12(9-8-22-25-7-2-1-5-11(9)25)23-16(27-14)15(26)24-13-10(21)4-3-6-17(13,19)20/h1-2,5,7-8,10,13H,3-4,6,21H2,(H,24,26). The van der Waals surface area contributed by atoms with Crippen LogP contribution in [0.5, 0.6) is 0 Å². The minimum absolute atomic E-state index is 0.0128. The lowest BCUT2D eigenvalue weighted by Crippen LogP contribution is -2.59. The van der Waals surface area contributed by atoms with Gasteiger partial charge >= 0.3 is 0 Å². The Morgan fingerprint density at radius 2 is 2.26 bits per heavy atom. The summed E-state index contributed by atoms with van der Waals surface area (Å²) in [7, 11) is 0. The van der Waals surface area contributed by atoms with Gasteiger partial charge in [-0.05, 0) is 25.0 Å². The Morgan fingerprint density at radius 3 is 3.04 bits per heavy atom. The Kier molecular flexibility index (Phi) is 4.61. The fourth-order valence-corrected chi connectivity index (χ4v) is 4.38. The molecule has 2 unspecified atom stereocenters. The lowest BCUT2D eigenvalue weighted by Gasteiger charge is -2.36. The summed E-state index contributed by atoms with van der Waals surface area (Å²) in [5, 5.41) is 6.58. The molecule has 0 radical (unpaired) electrons. The number of amides is 1. The zero-order valence-corrected chi connectivity index (χ0v) is 15.6. The van der Waals surface area contributed by atoms with Gasteiger partial charge in [-0.3, -0.25) is 4.79 Å². The van der Waals surface area contributed by atoms with Crippen LogP contribution in [0, 0.1) is 0 Å². The van der Waals surface area contributed by atoms with Crippen LogP contribution in [0.3, 0.4) is 0 Å². The number of fused-ring (bicyclic) bond motifs is 1. The number of rotatable bonds is 3. The van der Waals surface area contributed by atoms with Crippen molar-refractivity contribution in [2.24, 2.45) is 5.73 Å². The molecule has 0 bridgehead atoms. The second-order valence-corrected chi connectivity index (χ2v) is 8.10. The van der Waals surface area contributed by atoms with E-state index >= 15 is 0 Å². The van der Waals surface area contributed by atoms with Crippen LogP contribution in [-0.4, -0.2) is 38.5 Å². The molecule has 0 aromatic carbocycles. The van der Waals surface area contributed by atoms with Crippen molar-refractivity contribution in [2.75, 3.05) is 0 Å². The van der Waals surface area contributed by atoms with Gasteiger partial charge in [0.1, 0.15) is 16.1 Å². The highest BCUT2D eigenvalue weighted by atomic mass is 35.5. The van der Waals surface area contributed by atoms with E-state index in [1.165, 1.54) is 0 Å². The van der Waals surface area contributed by atoms with E-state index in [0.717, 1.165) is 16.9 Å². The number of hydrogen-bond acceptors (Lipinski definition) is 5. The molecule has 1 aliphatic carbocycles. The van der Waals surface area contributed by atoms with Crippen LogP contribution in [0.4, 0.5) is 8.78 Å². The van der Waals surface area contributed by atoms with Gasteiger partial charge in [-0.25, -0.2) is 18.3 Å². The van der Waals surface area contributed by atoms with Crippen LogP contribution in [-0.2, 0) is 0 Å². The molecule has 0 saturated heterocycles. The number of alkyl halides is 2. The molecule has 1 aliphatic rings. The number of carbonyl (C=O) groups excluding carboxylic acids is 1. The summed E-state index contributed by atoms with van der Waals surface area (Å²) in [5.41, 5.74) is 7.64. The minimum atomic E-state index is -3.04. The average Bonchev–Trinajstić information content (AvgIpc) is 3.21. The van der Waals surface area contributed by atoms with Gasteiger partial charge in [0.15, 0.2) is 5.01 Å². The summed E-state index contributed by atoms with van der Waals surface area (Å²) in [6.45, 7) is 0. The van der Waals surface area contributed by atoms with Crippen molar-refractivity contribution in [2.45, 2.75) is 37.3 Å². The lowest BCUT2D eigenvalue weighted by molar-refractivity contribution is -0.0674. The van der Waals surface area contributed by atoms with Crippen molar-refractivity contribution in [1.29, 1.82) is 0 Å². The molecule has 0 aliphatic heterocycles. The summed E-state index contributed by atoms with van der Waals surface area (Å²) in [4.78, 5) is 16.8. The van der Waals surface area contributed by atoms with Crippen molar-refractivity contribution in [1.82, 2.24) is 19.9 Å². The van der Waals surface area contributed by atoms with E-state index in [0.29, 0.717) is 28.4 Å². The molecule has 1 amide bonds. The van der Waals surface area contributed by atoms with E-state index in [2.05, 4.69) is 15.4 Å². The number of thiazole rings is 1. The van der Waals surface area contributed by atoms with E-state index < -0.39 is 23.9 Å². The highest BCUT2D eigenvalue weighted by Gasteiger charge is 2.46. The van der Waals surface area contributed by atoms with Gasteiger partial charge in [0, 0.05) is 24.2 Å². The molecule has 1 fully saturated rings. The summed E-state index contributed by atoms with van der Waals surface area (Å²) in [6.07, 6.45) is 3.86. The molecule has 10 heteroatoms. The van der Waals surface area contributed by atoms with Crippen molar-refractivity contribution in [3.63, 3.8) is 0 Å². The number of halogens is 3.